The van der Waals surface area contributed by atoms with Crippen LogP contribution in [0.3, 0.4) is 0 Å². The van der Waals surface area contributed by atoms with Gasteiger partial charge in [-0.15, -0.1) is 0 Å². The first-order valence-electron chi connectivity index (χ1n) is 6.32. The van der Waals surface area contributed by atoms with Crippen LogP contribution in [0.2, 0.25) is 0 Å². The van der Waals surface area contributed by atoms with Gasteiger partial charge in [0, 0.05) is 51.9 Å². The highest BCUT2D eigenvalue weighted by Crippen LogP contribution is 2.35. The molecule has 0 bridgehead atoms. The number of nitrogens with zero attached hydrogens (tertiary/aromatic N) is 4. The lowest BCUT2D eigenvalue weighted by atomic mass is 10.1. The Morgan fingerprint density at radius 3 is 2.07 bits per heavy atom. The zero-order chi connectivity index (χ0) is 9.99. The number of hydrogen-bond donors (Lipinski definition) is 0. The van der Waals surface area contributed by atoms with E-state index in [2.05, 4.69) is 26.5 Å². The second-order valence-corrected chi connectivity index (χ2v) is 5.48. The number of rotatable bonds is 0. The lowest BCUT2D eigenvalue weighted by Gasteiger charge is -2.50. The molecule has 0 amide bonds. The van der Waals surface area contributed by atoms with E-state index in [9.17, 15) is 0 Å². The van der Waals surface area contributed by atoms with Gasteiger partial charge in [-0.3, -0.25) is 19.6 Å². The molecule has 0 aromatic rings. The van der Waals surface area contributed by atoms with Crippen molar-refractivity contribution < 1.29 is 0 Å². The third-order valence-corrected chi connectivity index (χ3v) is 4.79. The van der Waals surface area contributed by atoms with Crippen molar-refractivity contribution in [2.24, 2.45) is 0 Å². The summed E-state index contributed by atoms with van der Waals surface area (Å²) in [4.78, 5) is 10.8. The molecule has 4 nitrogen and oxygen atoms in total. The Morgan fingerprint density at radius 2 is 1.33 bits per heavy atom. The molecule has 0 aliphatic carbocycles. The van der Waals surface area contributed by atoms with E-state index in [1.807, 2.05) is 0 Å². The first kappa shape index (κ1) is 8.93. The van der Waals surface area contributed by atoms with Gasteiger partial charge in [0.15, 0.2) is 0 Å². The highest BCUT2D eigenvalue weighted by molar-refractivity contribution is 5.04. The minimum Gasteiger partial charge on any atom is -0.283 e. The quantitative estimate of drug-likeness (QED) is 0.521. The molecule has 1 unspecified atom stereocenters. The normalized spacial score (nSPS) is 47.4. The molecule has 4 heterocycles. The van der Waals surface area contributed by atoms with Gasteiger partial charge in [0.1, 0.15) is 0 Å². The zero-order valence-electron chi connectivity index (χ0n) is 9.47. The second kappa shape index (κ2) is 2.94. The molecule has 0 saturated carbocycles. The topological polar surface area (TPSA) is 13.0 Å². The smallest absolute Gasteiger partial charge is 0.0925 e. The van der Waals surface area contributed by atoms with Crippen molar-refractivity contribution in [2.75, 3.05) is 45.8 Å². The molecule has 15 heavy (non-hydrogen) atoms. The van der Waals surface area contributed by atoms with Crippen molar-refractivity contribution >= 4 is 0 Å². The molecule has 0 N–H and O–H groups in total. The lowest BCUT2D eigenvalue weighted by molar-refractivity contribution is -0.0791. The Kier molecular flexibility index (Phi) is 1.75. The molecule has 4 fully saturated rings. The predicted molar refractivity (Wildman–Crippen MR) is 58.5 cm³/mol. The van der Waals surface area contributed by atoms with E-state index in [-0.39, 0.29) is 0 Å². The molecular formula is C11H20N4. The van der Waals surface area contributed by atoms with Crippen LogP contribution in [0.4, 0.5) is 0 Å². The molecule has 4 saturated heterocycles. The average Bonchev–Trinajstić information content (AvgIpc) is 2.78. The molecule has 4 heteroatoms. The third-order valence-electron chi connectivity index (χ3n) is 4.79. The van der Waals surface area contributed by atoms with Gasteiger partial charge < -0.3 is 0 Å². The summed E-state index contributed by atoms with van der Waals surface area (Å²) in [7, 11) is 0. The van der Waals surface area contributed by atoms with Crippen LogP contribution >= 0.6 is 0 Å². The van der Waals surface area contributed by atoms with E-state index < -0.39 is 0 Å². The monoisotopic (exact) mass is 208 g/mol. The molecule has 84 valence electrons. The number of piperazine rings is 2. The van der Waals surface area contributed by atoms with Crippen LogP contribution in [0, 0.1) is 0 Å². The van der Waals surface area contributed by atoms with Gasteiger partial charge >= 0.3 is 0 Å². The van der Waals surface area contributed by atoms with Crippen LogP contribution in [0.1, 0.15) is 6.92 Å². The Labute approximate surface area is 91.4 Å². The first-order chi connectivity index (χ1) is 7.34. The van der Waals surface area contributed by atoms with E-state index in [4.69, 9.17) is 0 Å². The van der Waals surface area contributed by atoms with Gasteiger partial charge in [0.25, 0.3) is 0 Å². The fourth-order valence-corrected chi connectivity index (χ4v) is 4.08. The fourth-order valence-electron chi connectivity index (χ4n) is 4.08. The largest absolute Gasteiger partial charge is 0.283 e. The van der Waals surface area contributed by atoms with Gasteiger partial charge in [-0.05, 0) is 6.92 Å². The van der Waals surface area contributed by atoms with Crippen molar-refractivity contribution in [3.8, 4) is 0 Å². The Balaban J connectivity index is 1.72. The van der Waals surface area contributed by atoms with Gasteiger partial charge in [-0.25, -0.2) is 0 Å². The van der Waals surface area contributed by atoms with E-state index in [1.54, 1.807) is 0 Å². The Morgan fingerprint density at radius 1 is 0.733 bits per heavy atom. The SMILES string of the molecule is C[C@H]1CN2CCN3CCN4CCN1[C@H]2C34. The van der Waals surface area contributed by atoms with Gasteiger partial charge in [0.05, 0.1) is 12.3 Å². The van der Waals surface area contributed by atoms with Crippen LogP contribution in [-0.4, -0.2) is 83.8 Å². The predicted octanol–water partition coefficient (Wildman–Crippen LogP) is -0.710. The van der Waals surface area contributed by atoms with Crippen LogP contribution in [0.25, 0.3) is 0 Å². The zero-order valence-corrected chi connectivity index (χ0v) is 9.47. The maximum absolute atomic E-state index is 2.73. The maximum Gasteiger partial charge on any atom is 0.0925 e. The van der Waals surface area contributed by atoms with E-state index in [0.717, 1.165) is 12.2 Å². The summed E-state index contributed by atoms with van der Waals surface area (Å²) >= 11 is 0. The van der Waals surface area contributed by atoms with E-state index in [1.165, 1.54) is 45.8 Å². The van der Waals surface area contributed by atoms with Crippen molar-refractivity contribution in [3.63, 3.8) is 0 Å². The van der Waals surface area contributed by atoms with Crippen LogP contribution in [0.15, 0.2) is 0 Å². The third kappa shape index (κ3) is 1.06. The minimum absolute atomic E-state index is 0.713. The molecule has 0 aromatic heterocycles. The van der Waals surface area contributed by atoms with Crippen LogP contribution < -0.4 is 0 Å². The van der Waals surface area contributed by atoms with Gasteiger partial charge in [-0.1, -0.05) is 0 Å². The van der Waals surface area contributed by atoms with E-state index >= 15 is 0 Å². The summed E-state index contributed by atoms with van der Waals surface area (Å²) in [6.45, 7) is 11.4. The molecule has 4 aliphatic rings. The van der Waals surface area contributed by atoms with Gasteiger partial charge in [-0.2, -0.15) is 0 Å². The molecule has 4 rings (SSSR count). The Hall–Kier alpha value is -0.160. The summed E-state index contributed by atoms with van der Waals surface area (Å²) in [5.41, 5.74) is 0. The molecule has 0 aromatic carbocycles. The fraction of sp³-hybridized carbons (Fsp3) is 1.00. The van der Waals surface area contributed by atoms with Crippen molar-refractivity contribution in [1.29, 1.82) is 0 Å². The lowest BCUT2D eigenvalue weighted by Crippen LogP contribution is -2.67. The van der Waals surface area contributed by atoms with Crippen LogP contribution in [0.5, 0.6) is 0 Å². The second-order valence-electron chi connectivity index (χ2n) is 5.48. The van der Waals surface area contributed by atoms with Crippen molar-refractivity contribution in [2.45, 2.75) is 25.3 Å². The average molecular weight is 208 g/mol. The standard InChI is InChI=1S/C11H20N4/c1-9-8-14-5-4-12-2-3-13-6-7-15(9)11(14)10(12)13/h9-11H,2-8H2,1H3/t9-,10?,11-/m0/s1. The summed E-state index contributed by atoms with van der Waals surface area (Å²) in [5, 5.41) is 0. The molecule has 3 atom stereocenters. The molecule has 0 radical (unpaired) electrons. The highest BCUT2D eigenvalue weighted by atomic mass is 15.6. The number of hydrogen-bond acceptors (Lipinski definition) is 4. The molecular weight excluding hydrogens is 188 g/mol. The molecule has 4 aliphatic heterocycles. The first-order valence-corrected chi connectivity index (χ1v) is 6.32. The van der Waals surface area contributed by atoms with E-state index in [0.29, 0.717) is 6.17 Å². The summed E-state index contributed by atoms with van der Waals surface area (Å²) < 4.78 is 0. The highest BCUT2D eigenvalue weighted by Gasteiger charge is 2.52. The Bertz CT molecular complexity index is 276. The van der Waals surface area contributed by atoms with Crippen molar-refractivity contribution in [1.82, 2.24) is 19.6 Å². The van der Waals surface area contributed by atoms with Crippen LogP contribution in [-0.2, 0) is 0 Å². The summed E-state index contributed by atoms with van der Waals surface area (Å²) in [5.74, 6) is 0. The summed E-state index contributed by atoms with van der Waals surface area (Å²) in [6.07, 6.45) is 1.43. The minimum atomic E-state index is 0.713. The van der Waals surface area contributed by atoms with Gasteiger partial charge in [0.2, 0.25) is 0 Å². The summed E-state index contributed by atoms with van der Waals surface area (Å²) in [6, 6.07) is 0.776. The van der Waals surface area contributed by atoms with Crippen molar-refractivity contribution in [3.05, 3.63) is 0 Å². The maximum atomic E-state index is 2.73. The molecule has 0 spiro atoms.